The van der Waals surface area contributed by atoms with Gasteiger partial charge in [0.1, 0.15) is 0 Å². The van der Waals surface area contributed by atoms with Crippen molar-refractivity contribution in [2.24, 2.45) is 5.16 Å². The highest BCUT2D eigenvalue weighted by Gasteiger charge is 2.61. The third kappa shape index (κ3) is 1.87. The van der Waals surface area contributed by atoms with E-state index in [-0.39, 0.29) is 5.41 Å². The van der Waals surface area contributed by atoms with Crippen LogP contribution < -0.4 is 4.90 Å². The molecule has 1 atom stereocenters. The zero-order chi connectivity index (χ0) is 16.9. The number of aryl methyl sites for hydroxylation is 1. The Balaban J connectivity index is 1.69. The van der Waals surface area contributed by atoms with Crippen LogP contribution in [0.5, 0.6) is 0 Å². The topological polar surface area (TPSA) is 24.8 Å². The van der Waals surface area contributed by atoms with Crippen LogP contribution in [0.2, 0.25) is 0 Å². The summed E-state index contributed by atoms with van der Waals surface area (Å²) in [6.45, 7) is 6.69. The molecule has 1 spiro atoms. The van der Waals surface area contributed by atoms with Gasteiger partial charge in [0.2, 0.25) is 5.72 Å². The van der Waals surface area contributed by atoms with E-state index in [0.717, 1.165) is 24.1 Å². The molecule has 124 valence electrons. The minimum absolute atomic E-state index is 0.132. The van der Waals surface area contributed by atoms with Gasteiger partial charge in [-0.3, -0.25) is 0 Å². The molecule has 0 unspecified atom stereocenters. The Morgan fingerprint density at radius 3 is 2.46 bits per heavy atom. The standard InChI is InChI=1S/C21H24N2O/c1-5-15-10-12-16(13-11-15)18-14-21(24-22-18)20(2,3)17-8-6-7-9-19(17)23(21)4/h6-13H,5,14H2,1-4H3/t21-/m1/s1. The van der Waals surface area contributed by atoms with Crippen LogP contribution in [0.3, 0.4) is 0 Å². The molecule has 2 aliphatic heterocycles. The third-order valence-electron chi connectivity index (χ3n) is 5.87. The summed E-state index contributed by atoms with van der Waals surface area (Å²) in [7, 11) is 2.12. The van der Waals surface area contributed by atoms with Gasteiger partial charge < -0.3 is 9.74 Å². The summed E-state index contributed by atoms with van der Waals surface area (Å²) in [5.41, 5.74) is 5.52. The molecule has 2 aliphatic rings. The predicted molar refractivity (Wildman–Crippen MR) is 98.7 cm³/mol. The van der Waals surface area contributed by atoms with Gasteiger partial charge >= 0.3 is 0 Å². The number of nitrogens with zero attached hydrogens (tertiary/aromatic N) is 2. The zero-order valence-electron chi connectivity index (χ0n) is 14.8. The van der Waals surface area contributed by atoms with Gasteiger partial charge in [-0.05, 0) is 43.0 Å². The highest BCUT2D eigenvalue weighted by Crippen LogP contribution is 2.55. The van der Waals surface area contributed by atoms with E-state index < -0.39 is 5.72 Å². The summed E-state index contributed by atoms with van der Waals surface area (Å²) in [4.78, 5) is 8.41. The molecule has 2 aromatic rings. The van der Waals surface area contributed by atoms with E-state index in [0.29, 0.717) is 0 Å². The molecule has 3 nitrogen and oxygen atoms in total. The van der Waals surface area contributed by atoms with E-state index in [1.165, 1.54) is 16.8 Å². The number of hydrogen-bond donors (Lipinski definition) is 0. The van der Waals surface area contributed by atoms with Crippen molar-refractivity contribution in [2.75, 3.05) is 11.9 Å². The van der Waals surface area contributed by atoms with Crippen LogP contribution >= 0.6 is 0 Å². The molecular weight excluding hydrogens is 296 g/mol. The molecule has 2 heterocycles. The van der Waals surface area contributed by atoms with E-state index in [9.17, 15) is 0 Å². The predicted octanol–water partition coefficient (Wildman–Crippen LogP) is 4.50. The average molecular weight is 320 g/mol. The first-order valence-electron chi connectivity index (χ1n) is 8.67. The van der Waals surface area contributed by atoms with Crippen LogP contribution in [0.25, 0.3) is 0 Å². The van der Waals surface area contributed by atoms with Crippen molar-refractivity contribution in [1.82, 2.24) is 0 Å². The van der Waals surface area contributed by atoms with Crippen molar-refractivity contribution < 1.29 is 4.84 Å². The minimum Gasteiger partial charge on any atom is -0.366 e. The number of fused-ring (bicyclic) bond motifs is 1. The second kappa shape index (κ2) is 5.10. The quantitative estimate of drug-likeness (QED) is 0.814. The fourth-order valence-corrected chi connectivity index (χ4v) is 4.14. The van der Waals surface area contributed by atoms with Crippen LogP contribution in [0.4, 0.5) is 5.69 Å². The normalized spacial score (nSPS) is 24.0. The number of oxime groups is 1. The van der Waals surface area contributed by atoms with E-state index in [1.807, 2.05) is 0 Å². The van der Waals surface area contributed by atoms with Crippen molar-refractivity contribution >= 4 is 11.4 Å². The van der Waals surface area contributed by atoms with Gasteiger partial charge in [0, 0.05) is 12.7 Å². The van der Waals surface area contributed by atoms with Crippen LogP contribution in [0, 0.1) is 0 Å². The van der Waals surface area contributed by atoms with Crippen molar-refractivity contribution in [2.45, 2.75) is 44.8 Å². The third-order valence-corrected chi connectivity index (χ3v) is 5.87. The second-order valence-electron chi connectivity index (χ2n) is 7.34. The number of hydrogen-bond acceptors (Lipinski definition) is 3. The first-order valence-corrected chi connectivity index (χ1v) is 8.67. The number of rotatable bonds is 2. The highest BCUT2D eigenvalue weighted by molar-refractivity contribution is 6.02. The number of likely N-dealkylation sites (N-methyl/N-ethyl adjacent to an activating group) is 1. The van der Waals surface area contributed by atoms with Crippen LogP contribution in [-0.4, -0.2) is 18.5 Å². The maximum Gasteiger partial charge on any atom is 0.224 e. The molecule has 0 aliphatic carbocycles. The number of para-hydroxylation sites is 1. The lowest BCUT2D eigenvalue weighted by molar-refractivity contribution is -0.0591. The maximum absolute atomic E-state index is 6.15. The fourth-order valence-electron chi connectivity index (χ4n) is 4.14. The van der Waals surface area contributed by atoms with Crippen molar-refractivity contribution in [3.63, 3.8) is 0 Å². The van der Waals surface area contributed by atoms with E-state index >= 15 is 0 Å². The maximum atomic E-state index is 6.15. The molecule has 0 aromatic heterocycles. The Kier molecular flexibility index (Phi) is 3.24. The summed E-state index contributed by atoms with van der Waals surface area (Å²) in [5.74, 6) is 0. The fraction of sp³-hybridized carbons (Fsp3) is 0.381. The lowest BCUT2D eigenvalue weighted by Crippen LogP contribution is -2.54. The van der Waals surface area contributed by atoms with Crippen molar-refractivity contribution in [1.29, 1.82) is 0 Å². The molecule has 0 bridgehead atoms. The molecule has 24 heavy (non-hydrogen) atoms. The lowest BCUT2D eigenvalue weighted by atomic mass is 9.75. The van der Waals surface area contributed by atoms with E-state index in [1.54, 1.807) is 0 Å². The minimum atomic E-state index is -0.449. The van der Waals surface area contributed by atoms with Crippen LogP contribution in [0.1, 0.15) is 43.9 Å². The highest BCUT2D eigenvalue weighted by atomic mass is 16.7. The summed E-state index contributed by atoms with van der Waals surface area (Å²) in [5, 5.41) is 4.50. The average Bonchev–Trinajstić information content (AvgIpc) is 3.13. The number of anilines is 1. The summed E-state index contributed by atoms with van der Waals surface area (Å²) < 4.78 is 0. The molecule has 0 N–H and O–H groups in total. The van der Waals surface area contributed by atoms with Crippen LogP contribution in [-0.2, 0) is 16.7 Å². The zero-order valence-corrected chi connectivity index (χ0v) is 14.8. The molecule has 0 saturated carbocycles. The molecule has 0 fully saturated rings. The Morgan fingerprint density at radius 2 is 1.79 bits per heavy atom. The molecule has 3 heteroatoms. The van der Waals surface area contributed by atoms with Gasteiger partial charge in [0.15, 0.2) is 0 Å². The van der Waals surface area contributed by atoms with Gasteiger partial charge in [-0.2, -0.15) is 0 Å². The smallest absolute Gasteiger partial charge is 0.224 e. The summed E-state index contributed by atoms with van der Waals surface area (Å²) in [6.07, 6.45) is 1.84. The Hall–Kier alpha value is -2.29. The van der Waals surface area contributed by atoms with Gasteiger partial charge in [-0.1, -0.05) is 54.5 Å². The van der Waals surface area contributed by atoms with E-state index in [2.05, 4.69) is 86.4 Å². The summed E-state index contributed by atoms with van der Waals surface area (Å²) in [6, 6.07) is 17.3. The van der Waals surface area contributed by atoms with Gasteiger partial charge in [-0.25, -0.2) is 0 Å². The summed E-state index contributed by atoms with van der Waals surface area (Å²) >= 11 is 0. The van der Waals surface area contributed by atoms with Gasteiger partial charge in [0.25, 0.3) is 0 Å². The SMILES string of the molecule is CCc1ccc(C2=NO[C@@]3(C2)N(C)c2ccccc2C3(C)C)cc1. The van der Waals surface area contributed by atoms with Crippen molar-refractivity contribution in [3.05, 3.63) is 65.2 Å². The molecule has 0 saturated heterocycles. The molecule has 0 amide bonds. The molecule has 4 rings (SSSR count). The molecular formula is C21H24N2O. The van der Waals surface area contributed by atoms with Crippen LogP contribution in [0.15, 0.2) is 53.7 Å². The number of benzene rings is 2. The largest absolute Gasteiger partial charge is 0.366 e. The van der Waals surface area contributed by atoms with Gasteiger partial charge in [-0.15, -0.1) is 0 Å². The lowest BCUT2D eigenvalue weighted by Gasteiger charge is -2.40. The molecule has 0 radical (unpaired) electrons. The monoisotopic (exact) mass is 320 g/mol. The second-order valence-corrected chi connectivity index (χ2v) is 7.34. The van der Waals surface area contributed by atoms with E-state index in [4.69, 9.17) is 4.84 Å². The van der Waals surface area contributed by atoms with Crippen molar-refractivity contribution in [3.8, 4) is 0 Å². The Bertz CT molecular complexity index is 807. The first kappa shape index (κ1) is 15.3. The Labute approximate surface area is 143 Å². The Morgan fingerprint density at radius 1 is 1.08 bits per heavy atom. The van der Waals surface area contributed by atoms with Gasteiger partial charge in [0.05, 0.1) is 17.5 Å². The molecule has 2 aromatic carbocycles. The first-order chi connectivity index (χ1) is 11.5.